The second-order valence-electron chi connectivity index (χ2n) is 29.2. The Morgan fingerprint density at radius 3 is 1.01 bits per heavy atom. The van der Waals surface area contributed by atoms with Crippen LogP contribution in [0, 0.1) is 0 Å². The second kappa shape index (κ2) is 69.2. The zero-order chi connectivity index (χ0) is 80.3. The summed E-state index contributed by atoms with van der Waals surface area (Å²) in [5.74, 6) is -0.320. The Labute approximate surface area is 668 Å². The molecule has 17 unspecified atom stereocenters. The summed E-state index contributed by atoms with van der Waals surface area (Å²) in [6.07, 6.45) is 78.8. The summed E-state index contributed by atoms with van der Waals surface area (Å²) in [5.41, 5.74) is 0. The fourth-order valence-electron chi connectivity index (χ4n) is 12.9. The molecule has 19 heteroatoms. The highest BCUT2D eigenvalue weighted by Crippen LogP contribution is 2.33. The van der Waals surface area contributed by atoms with E-state index in [0.29, 0.717) is 12.8 Å². The first-order valence-electron chi connectivity index (χ1n) is 42.5. The highest BCUT2D eigenvalue weighted by atomic mass is 16.8. The molecule has 630 valence electrons. The Bertz CT molecular complexity index is 2720. The van der Waals surface area contributed by atoms with Crippen LogP contribution in [0.4, 0.5) is 0 Å². The number of aliphatic hydroxyl groups is 11. The monoisotopic (exact) mass is 1560 g/mol. The lowest BCUT2D eigenvalue weighted by molar-refractivity contribution is -0.379. The van der Waals surface area contributed by atoms with Gasteiger partial charge in [0.25, 0.3) is 0 Å². The van der Waals surface area contributed by atoms with Gasteiger partial charge in [0.2, 0.25) is 5.91 Å². The minimum atomic E-state index is -2.00. The molecule has 3 fully saturated rings. The molecule has 0 saturated carbocycles. The van der Waals surface area contributed by atoms with Crippen molar-refractivity contribution < 1.29 is 89.4 Å². The molecule has 0 aromatic carbocycles. The van der Waals surface area contributed by atoms with Crippen molar-refractivity contribution in [3.8, 4) is 0 Å². The molecule has 0 aromatic rings. The molecule has 0 radical (unpaired) electrons. The van der Waals surface area contributed by atoms with Crippen LogP contribution in [0.25, 0.3) is 0 Å². The highest BCUT2D eigenvalue weighted by molar-refractivity contribution is 5.76. The van der Waals surface area contributed by atoms with Crippen LogP contribution >= 0.6 is 0 Å². The van der Waals surface area contributed by atoms with E-state index in [2.05, 4.69) is 189 Å². The zero-order valence-corrected chi connectivity index (χ0v) is 67.6. The molecule has 3 aliphatic heterocycles. The summed E-state index contributed by atoms with van der Waals surface area (Å²) < 4.78 is 34.4. The third kappa shape index (κ3) is 48.1. The van der Waals surface area contributed by atoms with Crippen LogP contribution in [0.2, 0.25) is 0 Å². The minimum absolute atomic E-state index is 0.190. The number of ether oxygens (including phenoxy) is 6. The number of nitrogens with one attached hydrogen (secondary N) is 1. The molecule has 0 aromatic heterocycles. The van der Waals surface area contributed by atoms with Gasteiger partial charge < -0.3 is 89.9 Å². The molecule has 19 nitrogen and oxygen atoms in total. The summed E-state index contributed by atoms with van der Waals surface area (Å²) in [4.78, 5) is 13.5. The Hall–Kier alpha value is -5.11. The number of hydrogen-bond donors (Lipinski definition) is 12. The molecule has 3 saturated heterocycles. The number of hydrogen-bond acceptors (Lipinski definition) is 18. The SMILES string of the molecule is CC/C=C\C/C=C\C/C=C\C/C=C\C/C=C\C/C=C\C/C=C\C/C=C\C/C=C\C/C=C\C/C=C\C/C=C\CCCCCCC(=O)NC(COC1OC(CO)C(OC2OC(CO)C(OC3OC(CO)C(O)C(O)C3O)C(O)C2O)C(O)C1O)C(O)/C=C/CC/C=C/CC/C=C/CCCCCCCCCCCCCCCCC. The topological polar surface area (TPSA) is 307 Å². The maximum absolute atomic E-state index is 13.5. The van der Waals surface area contributed by atoms with E-state index < -0.39 is 131 Å². The first kappa shape index (κ1) is 100. The van der Waals surface area contributed by atoms with Gasteiger partial charge in [0.1, 0.15) is 73.2 Å². The second-order valence-corrected chi connectivity index (χ2v) is 29.2. The van der Waals surface area contributed by atoms with Crippen LogP contribution < -0.4 is 5.32 Å². The number of unbranched alkanes of at least 4 members (excludes halogenated alkanes) is 21. The largest absolute Gasteiger partial charge is 0.394 e. The molecule has 0 spiro atoms. The molecular formula is C92H149NO18. The van der Waals surface area contributed by atoms with Crippen molar-refractivity contribution in [1.82, 2.24) is 5.32 Å². The number of amides is 1. The van der Waals surface area contributed by atoms with Crippen LogP contribution in [-0.4, -0.2) is 193 Å². The maximum atomic E-state index is 13.5. The van der Waals surface area contributed by atoms with Gasteiger partial charge in [-0.1, -0.05) is 299 Å². The van der Waals surface area contributed by atoms with E-state index >= 15 is 0 Å². The van der Waals surface area contributed by atoms with Gasteiger partial charge in [0.05, 0.1) is 38.6 Å². The predicted octanol–water partition coefficient (Wildman–Crippen LogP) is 15.5. The third-order valence-corrected chi connectivity index (χ3v) is 19.7. The van der Waals surface area contributed by atoms with E-state index in [1.54, 1.807) is 6.08 Å². The molecule has 1 amide bonds. The van der Waals surface area contributed by atoms with Gasteiger partial charge in [-0.2, -0.15) is 0 Å². The number of rotatable bonds is 65. The number of carbonyl (C=O) groups is 1. The molecular weight excluding hydrogens is 1410 g/mol. The molecule has 111 heavy (non-hydrogen) atoms. The van der Waals surface area contributed by atoms with Crippen LogP contribution in [-0.2, 0) is 33.2 Å². The number of allylic oxidation sites excluding steroid dienone is 29. The molecule has 3 aliphatic rings. The first-order chi connectivity index (χ1) is 54.3. The van der Waals surface area contributed by atoms with E-state index in [0.717, 1.165) is 128 Å². The standard InChI is InChI=1S/C92H149NO18/c1-3-5-7-9-11-13-15-17-19-21-23-25-27-29-30-31-32-33-34-35-36-37-38-39-40-41-42-43-44-46-48-50-52-54-56-58-60-62-64-66-68-70-80(98)93-75(76(97)69-67-65-63-61-59-57-55-53-51-49-47-45-28-26-24-22-20-18-16-14-12-10-8-6-4-2)74-106-90-86(104)83(101)88(78(72-95)108-90)111-92-87(105)84(102)89(79(73-96)109-92)110-91-85(103)82(100)81(99)77(71-94)107-91/h5,7,11,13,17,19,23,25,29-30,32-33,35-36,38-39,41-42,44,46,50-53,56,58-59,61,67,69,75-79,81-92,94-97,99-105H,3-4,6,8-10,12,14-16,18,20-22,24,26-28,31,34,37,40,43,45,47-49,54-55,57,60,62-66,68,70-74H2,1-2H3,(H,93,98)/b7-5-,13-11-,19-17-,25-23-,30-29-,33-32-,36-35-,39-38-,42-41-,46-44-,52-50-,53-51+,58-56-,61-59+,69-67+. The molecule has 3 rings (SSSR count). The highest BCUT2D eigenvalue weighted by Gasteiger charge is 2.54. The minimum Gasteiger partial charge on any atom is -0.394 e. The Balaban J connectivity index is 1.38. The summed E-state index contributed by atoms with van der Waals surface area (Å²) >= 11 is 0. The molecule has 3 heterocycles. The van der Waals surface area contributed by atoms with Crippen LogP contribution in [0.5, 0.6) is 0 Å². The van der Waals surface area contributed by atoms with E-state index in [-0.39, 0.29) is 12.3 Å². The summed E-state index contributed by atoms with van der Waals surface area (Å²) in [6, 6.07) is -1.03. The molecule has 17 atom stereocenters. The van der Waals surface area contributed by atoms with Crippen molar-refractivity contribution in [3.05, 3.63) is 182 Å². The normalized spacial score (nSPS) is 26.0. The van der Waals surface area contributed by atoms with Crippen molar-refractivity contribution in [1.29, 1.82) is 0 Å². The number of carbonyl (C=O) groups excluding carboxylic acids is 1. The lowest BCUT2D eigenvalue weighted by atomic mass is 9.96. The average molecular weight is 1560 g/mol. The van der Waals surface area contributed by atoms with Gasteiger partial charge in [-0.15, -0.1) is 0 Å². The molecule has 12 N–H and O–H groups in total. The lowest BCUT2D eigenvalue weighted by Crippen LogP contribution is -2.66. The van der Waals surface area contributed by atoms with Crippen LogP contribution in [0.3, 0.4) is 0 Å². The van der Waals surface area contributed by atoms with Crippen LogP contribution in [0.1, 0.15) is 258 Å². The van der Waals surface area contributed by atoms with Crippen molar-refractivity contribution in [2.24, 2.45) is 0 Å². The zero-order valence-electron chi connectivity index (χ0n) is 67.6. The van der Waals surface area contributed by atoms with Crippen molar-refractivity contribution >= 4 is 5.91 Å². The Morgan fingerprint density at radius 2 is 0.631 bits per heavy atom. The van der Waals surface area contributed by atoms with Gasteiger partial charge in [-0.3, -0.25) is 4.79 Å². The van der Waals surface area contributed by atoms with Gasteiger partial charge in [-0.05, 0) is 135 Å². The van der Waals surface area contributed by atoms with Crippen molar-refractivity contribution in [2.75, 3.05) is 26.4 Å². The van der Waals surface area contributed by atoms with Gasteiger partial charge in [-0.25, -0.2) is 0 Å². The fraction of sp³-hybridized carbons (Fsp3) is 0.663. The Morgan fingerprint density at radius 1 is 0.333 bits per heavy atom. The molecule has 0 bridgehead atoms. The maximum Gasteiger partial charge on any atom is 0.220 e. The lowest BCUT2D eigenvalue weighted by Gasteiger charge is -2.48. The van der Waals surface area contributed by atoms with Crippen molar-refractivity contribution in [3.63, 3.8) is 0 Å². The third-order valence-electron chi connectivity index (χ3n) is 19.7. The van der Waals surface area contributed by atoms with E-state index in [1.165, 1.54) is 96.3 Å². The fourth-order valence-corrected chi connectivity index (χ4v) is 12.9. The first-order valence-corrected chi connectivity index (χ1v) is 42.5. The van der Waals surface area contributed by atoms with E-state index in [4.69, 9.17) is 28.4 Å². The van der Waals surface area contributed by atoms with E-state index in [1.807, 2.05) is 6.08 Å². The smallest absolute Gasteiger partial charge is 0.220 e. The summed E-state index contributed by atoms with van der Waals surface area (Å²) in [7, 11) is 0. The van der Waals surface area contributed by atoms with E-state index in [9.17, 15) is 61.0 Å². The quantitative estimate of drug-likeness (QED) is 0.0199. The number of aliphatic hydroxyl groups excluding tert-OH is 11. The van der Waals surface area contributed by atoms with Gasteiger partial charge in [0, 0.05) is 6.42 Å². The van der Waals surface area contributed by atoms with Gasteiger partial charge in [0.15, 0.2) is 18.9 Å². The molecule has 0 aliphatic carbocycles. The predicted molar refractivity (Wildman–Crippen MR) is 447 cm³/mol. The Kier molecular flexibility index (Phi) is 62.4. The summed E-state index contributed by atoms with van der Waals surface area (Å²) in [6.45, 7) is 1.57. The van der Waals surface area contributed by atoms with Gasteiger partial charge >= 0.3 is 0 Å². The summed E-state index contributed by atoms with van der Waals surface area (Å²) in [5, 5.41) is 121. The average Bonchev–Trinajstić information content (AvgIpc) is 0.780. The van der Waals surface area contributed by atoms with Crippen molar-refractivity contribution in [2.45, 2.75) is 362 Å². The van der Waals surface area contributed by atoms with Crippen LogP contribution in [0.15, 0.2) is 182 Å².